The number of nitrogens with two attached hydrogens (primary N) is 2. The Morgan fingerprint density at radius 1 is 1.08 bits per heavy atom. The molecule has 1 rings (SSSR count). The highest BCUT2D eigenvalue weighted by Gasteiger charge is 2.19. The van der Waals surface area contributed by atoms with E-state index in [0.717, 1.165) is 24.8 Å². The average Bonchev–Trinajstić information content (AvgIpc) is 2.62. The second-order valence-corrected chi connectivity index (χ2v) is 6.41. The Kier molecular flexibility index (Phi) is 10.7. The molecule has 1 aromatic rings. The fourth-order valence-electron chi connectivity index (χ4n) is 2.97. The lowest BCUT2D eigenvalue weighted by molar-refractivity contribution is -0.119. The molecule has 5 nitrogen and oxygen atoms in total. The highest BCUT2D eigenvalue weighted by Crippen LogP contribution is 2.32. The smallest absolute Gasteiger partial charge is 0.224 e. The van der Waals surface area contributed by atoms with E-state index in [0.29, 0.717) is 24.7 Å². The van der Waals surface area contributed by atoms with Crippen molar-refractivity contribution in [2.24, 2.45) is 11.5 Å². The Balaban J connectivity index is 2.61. The quantitative estimate of drug-likeness (QED) is 0.500. The molecule has 0 aliphatic rings. The molecule has 1 amide bonds. The van der Waals surface area contributed by atoms with Crippen LogP contribution in [-0.2, 0) is 4.79 Å². The molecular formula is C20H34N2O3. The van der Waals surface area contributed by atoms with Gasteiger partial charge in [0.15, 0.2) is 11.5 Å². The summed E-state index contributed by atoms with van der Waals surface area (Å²) in [6.07, 6.45) is 9.29. The minimum absolute atomic E-state index is 0.284. The molecule has 0 heterocycles. The van der Waals surface area contributed by atoms with Gasteiger partial charge in [0, 0.05) is 6.54 Å². The van der Waals surface area contributed by atoms with E-state index in [1.807, 2.05) is 18.2 Å². The molecule has 0 aliphatic heterocycles. The number of hydrogen-bond acceptors (Lipinski definition) is 4. The molecule has 4 N–H and O–H groups in total. The largest absolute Gasteiger partial charge is 0.493 e. The van der Waals surface area contributed by atoms with E-state index in [2.05, 4.69) is 6.92 Å². The van der Waals surface area contributed by atoms with Crippen LogP contribution in [0.25, 0.3) is 0 Å². The molecule has 0 bridgehead atoms. The van der Waals surface area contributed by atoms with Gasteiger partial charge in [-0.15, -0.1) is 0 Å². The van der Waals surface area contributed by atoms with E-state index < -0.39 is 0 Å². The number of amides is 1. The summed E-state index contributed by atoms with van der Waals surface area (Å²) < 4.78 is 10.9. The first-order valence-electron chi connectivity index (χ1n) is 9.44. The number of unbranched alkanes of at least 4 members (excludes halogenated alkanes) is 6. The van der Waals surface area contributed by atoms with Crippen molar-refractivity contribution in [3.8, 4) is 11.5 Å². The normalized spacial score (nSPS) is 12.0. The van der Waals surface area contributed by atoms with E-state index in [1.54, 1.807) is 7.11 Å². The molecule has 0 fully saturated rings. The van der Waals surface area contributed by atoms with Gasteiger partial charge in [-0.1, -0.05) is 57.9 Å². The van der Waals surface area contributed by atoms with Gasteiger partial charge in [-0.25, -0.2) is 0 Å². The van der Waals surface area contributed by atoms with Gasteiger partial charge in [-0.05, 0) is 24.1 Å². The Morgan fingerprint density at radius 2 is 1.76 bits per heavy atom. The summed E-state index contributed by atoms with van der Waals surface area (Å²) in [4.78, 5) is 11.9. The van der Waals surface area contributed by atoms with E-state index in [-0.39, 0.29) is 11.8 Å². The molecule has 25 heavy (non-hydrogen) atoms. The maximum absolute atomic E-state index is 11.9. The maximum Gasteiger partial charge on any atom is 0.224 e. The highest BCUT2D eigenvalue weighted by molar-refractivity contribution is 5.82. The molecule has 0 radical (unpaired) electrons. The Labute approximate surface area is 152 Å². The van der Waals surface area contributed by atoms with Crippen molar-refractivity contribution >= 4 is 5.91 Å². The molecule has 0 aliphatic carbocycles. The van der Waals surface area contributed by atoms with Crippen LogP contribution in [0, 0.1) is 0 Å². The van der Waals surface area contributed by atoms with Gasteiger partial charge in [0.25, 0.3) is 0 Å². The molecule has 1 aromatic carbocycles. The van der Waals surface area contributed by atoms with Gasteiger partial charge in [0.1, 0.15) is 6.61 Å². The van der Waals surface area contributed by atoms with Crippen LogP contribution < -0.4 is 20.9 Å². The number of carbonyl (C=O) groups excluding carboxylic acids is 1. The SMILES string of the molecule is CCCCCCCCCC(C(N)=O)c1ccc(OCCN)c(OC)c1. The first kappa shape index (κ1) is 21.3. The molecule has 0 aromatic heterocycles. The van der Waals surface area contributed by atoms with Gasteiger partial charge in [0.05, 0.1) is 13.0 Å². The molecule has 0 spiro atoms. The van der Waals surface area contributed by atoms with Crippen LogP contribution >= 0.6 is 0 Å². The van der Waals surface area contributed by atoms with E-state index >= 15 is 0 Å². The van der Waals surface area contributed by atoms with Gasteiger partial charge in [0.2, 0.25) is 5.91 Å². The van der Waals surface area contributed by atoms with Crippen molar-refractivity contribution in [3.63, 3.8) is 0 Å². The van der Waals surface area contributed by atoms with Crippen molar-refractivity contribution in [1.29, 1.82) is 0 Å². The average molecular weight is 351 g/mol. The number of ether oxygens (including phenoxy) is 2. The zero-order valence-corrected chi connectivity index (χ0v) is 15.8. The summed E-state index contributed by atoms with van der Waals surface area (Å²) >= 11 is 0. The van der Waals surface area contributed by atoms with Crippen molar-refractivity contribution in [1.82, 2.24) is 0 Å². The van der Waals surface area contributed by atoms with Gasteiger partial charge >= 0.3 is 0 Å². The summed E-state index contributed by atoms with van der Waals surface area (Å²) in [6.45, 7) is 3.08. The Morgan fingerprint density at radius 3 is 2.36 bits per heavy atom. The second-order valence-electron chi connectivity index (χ2n) is 6.41. The predicted molar refractivity (Wildman–Crippen MR) is 102 cm³/mol. The predicted octanol–water partition coefficient (Wildman–Crippen LogP) is 3.74. The molecule has 1 atom stereocenters. The van der Waals surface area contributed by atoms with Crippen LogP contribution in [0.15, 0.2) is 18.2 Å². The molecule has 142 valence electrons. The van der Waals surface area contributed by atoms with E-state index in [9.17, 15) is 4.79 Å². The number of methoxy groups -OCH3 is 1. The van der Waals surface area contributed by atoms with Crippen LogP contribution in [-0.4, -0.2) is 26.2 Å². The highest BCUT2D eigenvalue weighted by atomic mass is 16.5. The lowest BCUT2D eigenvalue weighted by atomic mass is 9.92. The van der Waals surface area contributed by atoms with E-state index in [1.165, 1.54) is 32.1 Å². The zero-order chi connectivity index (χ0) is 18.5. The first-order chi connectivity index (χ1) is 12.1. The lowest BCUT2D eigenvalue weighted by Gasteiger charge is -2.17. The molecule has 0 saturated heterocycles. The zero-order valence-electron chi connectivity index (χ0n) is 15.8. The van der Waals surface area contributed by atoms with Gasteiger partial charge in [-0.2, -0.15) is 0 Å². The molecular weight excluding hydrogens is 316 g/mol. The Bertz CT molecular complexity index is 506. The number of primary amides is 1. The monoisotopic (exact) mass is 350 g/mol. The third-order valence-corrected chi connectivity index (χ3v) is 4.41. The fraction of sp³-hybridized carbons (Fsp3) is 0.650. The summed E-state index contributed by atoms with van der Waals surface area (Å²) in [6, 6.07) is 5.57. The number of carbonyl (C=O) groups is 1. The minimum Gasteiger partial charge on any atom is -0.493 e. The van der Waals surface area contributed by atoms with Gasteiger partial charge in [-0.3, -0.25) is 4.79 Å². The van der Waals surface area contributed by atoms with Crippen LogP contribution in [0.2, 0.25) is 0 Å². The third-order valence-electron chi connectivity index (χ3n) is 4.41. The number of rotatable bonds is 14. The summed E-state index contributed by atoms with van der Waals surface area (Å²) in [5.41, 5.74) is 12.0. The summed E-state index contributed by atoms with van der Waals surface area (Å²) in [7, 11) is 1.59. The fourth-order valence-corrected chi connectivity index (χ4v) is 2.97. The molecule has 1 unspecified atom stereocenters. The number of benzene rings is 1. The topological polar surface area (TPSA) is 87.6 Å². The molecule has 5 heteroatoms. The minimum atomic E-state index is -0.288. The Hall–Kier alpha value is -1.75. The van der Waals surface area contributed by atoms with E-state index in [4.69, 9.17) is 20.9 Å². The summed E-state index contributed by atoms with van der Waals surface area (Å²) in [5, 5.41) is 0. The van der Waals surface area contributed by atoms with Crippen molar-refractivity contribution in [3.05, 3.63) is 23.8 Å². The van der Waals surface area contributed by atoms with Crippen LogP contribution in [0.5, 0.6) is 11.5 Å². The van der Waals surface area contributed by atoms with Crippen LogP contribution in [0.3, 0.4) is 0 Å². The summed E-state index contributed by atoms with van der Waals surface area (Å²) in [5.74, 6) is 0.671. The number of hydrogen-bond donors (Lipinski definition) is 2. The first-order valence-corrected chi connectivity index (χ1v) is 9.44. The van der Waals surface area contributed by atoms with Crippen molar-refractivity contribution in [2.75, 3.05) is 20.3 Å². The second kappa shape index (κ2) is 12.6. The van der Waals surface area contributed by atoms with Crippen molar-refractivity contribution < 1.29 is 14.3 Å². The standard InChI is InChI=1S/C20H34N2O3/c1-3-4-5-6-7-8-9-10-17(20(22)23)16-11-12-18(25-14-13-21)19(15-16)24-2/h11-12,15,17H,3-10,13-14,21H2,1-2H3,(H2,22,23). The van der Waals surface area contributed by atoms with Gasteiger partial charge < -0.3 is 20.9 Å². The maximum atomic E-state index is 11.9. The van der Waals surface area contributed by atoms with Crippen LogP contribution in [0.4, 0.5) is 0 Å². The third kappa shape index (κ3) is 7.78. The van der Waals surface area contributed by atoms with Crippen LogP contribution in [0.1, 0.15) is 69.8 Å². The molecule has 0 saturated carbocycles. The lowest BCUT2D eigenvalue weighted by Crippen LogP contribution is -2.21. The van der Waals surface area contributed by atoms with Crippen molar-refractivity contribution in [2.45, 2.75) is 64.2 Å².